The molecule has 0 N–H and O–H groups in total. The van der Waals surface area contributed by atoms with Crippen LogP contribution in [-0.4, -0.2) is 44.4 Å². The summed E-state index contributed by atoms with van der Waals surface area (Å²) in [4.78, 5) is 2.48. The molecule has 1 fully saturated rings. The minimum absolute atomic E-state index is 0.287. The summed E-state index contributed by atoms with van der Waals surface area (Å²) >= 11 is 0. The molecule has 1 aliphatic rings. The number of ether oxygens (including phenoxy) is 2. The molecule has 1 heterocycles. The number of aryl methyl sites for hydroxylation is 1. The first kappa shape index (κ1) is 15.8. The highest BCUT2D eigenvalue weighted by molar-refractivity contribution is 5.41. The molecule has 0 radical (unpaired) electrons. The Balaban J connectivity index is 1.80. The first-order valence-electron chi connectivity index (χ1n) is 7.61. The molecule has 0 unspecified atom stereocenters. The molecule has 2 rings (SSSR count). The fourth-order valence-electron chi connectivity index (χ4n) is 2.71. The van der Waals surface area contributed by atoms with Gasteiger partial charge in [-0.2, -0.15) is 5.26 Å². The molecule has 1 aliphatic heterocycles. The molecule has 4 nitrogen and oxygen atoms in total. The average Bonchev–Trinajstić information content (AvgIpc) is 2.51. The van der Waals surface area contributed by atoms with E-state index in [9.17, 15) is 0 Å². The van der Waals surface area contributed by atoms with Crippen LogP contribution in [0.1, 0.15) is 30.4 Å². The number of rotatable bonds is 6. The van der Waals surface area contributed by atoms with Gasteiger partial charge in [-0.3, -0.25) is 0 Å². The topological polar surface area (TPSA) is 45.5 Å². The zero-order valence-electron chi connectivity index (χ0n) is 13.0. The second-order valence-electron chi connectivity index (χ2n) is 5.60. The third-order valence-electron chi connectivity index (χ3n) is 3.96. The normalized spacial score (nSPS) is 16.6. The van der Waals surface area contributed by atoms with Gasteiger partial charge in [0.05, 0.1) is 11.6 Å². The van der Waals surface area contributed by atoms with Crippen molar-refractivity contribution in [3.05, 3.63) is 29.3 Å². The Morgan fingerprint density at radius 3 is 2.71 bits per heavy atom. The third kappa shape index (κ3) is 4.73. The van der Waals surface area contributed by atoms with E-state index in [-0.39, 0.29) is 6.10 Å². The van der Waals surface area contributed by atoms with Gasteiger partial charge in [-0.1, -0.05) is 0 Å². The molecular weight excluding hydrogens is 264 g/mol. The van der Waals surface area contributed by atoms with Crippen molar-refractivity contribution in [2.24, 2.45) is 0 Å². The highest BCUT2D eigenvalue weighted by atomic mass is 16.5. The minimum Gasteiger partial charge on any atom is -0.490 e. The van der Waals surface area contributed by atoms with Crippen molar-refractivity contribution in [3.8, 4) is 11.8 Å². The molecule has 1 saturated heterocycles. The van der Waals surface area contributed by atoms with E-state index < -0.39 is 0 Å². The molecule has 0 saturated carbocycles. The SMILES string of the molecule is COCCCN1CCC(Oc2ccc(C#N)cc2C)CC1. The second-order valence-corrected chi connectivity index (χ2v) is 5.60. The van der Waals surface area contributed by atoms with Crippen LogP contribution in [-0.2, 0) is 4.74 Å². The zero-order valence-corrected chi connectivity index (χ0v) is 13.0. The monoisotopic (exact) mass is 288 g/mol. The number of nitrogens with zero attached hydrogens (tertiary/aromatic N) is 2. The van der Waals surface area contributed by atoms with Gasteiger partial charge < -0.3 is 14.4 Å². The molecule has 21 heavy (non-hydrogen) atoms. The highest BCUT2D eigenvalue weighted by Crippen LogP contribution is 2.23. The molecule has 0 amide bonds. The molecule has 0 aromatic heterocycles. The second kappa shape index (κ2) is 8.02. The van der Waals surface area contributed by atoms with Crippen molar-refractivity contribution in [2.45, 2.75) is 32.3 Å². The summed E-state index contributed by atoms with van der Waals surface area (Å²) in [5.74, 6) is 0.909. The van der Waals surface area contributed by atoms with Crippen molar-refractivity contribution in [2.75, 3.05) is 33.4 Å². The maximum Gasteiger partial charge on any atom is 0.122 e. The van der Waals surface area contributed by atoms with E-state index in [1.54, 1.807) is 7.11 Å². The van der Waals surface area contributed by atoms with Gasteiger partial charge in [-0.15, -0.1) is 0 Å². The predicted octanol–water partition coefficient (Wildman–Crippen LogP) is 2.75. The maximum atomic E-state index is 8.89. The fraction of sp³-hybridized carbons (Fsp3) is 0.588. The Hall–Kier alpha value is -1.57. The lowest BCUT2D eigenvalue weighted by Crippen LogP contribution is -2.39. The van der Waals surface area contributed by atoms with Crippen LogP contribution in [0.2, 0.25) is 0 Å². The van der Waals surface area contributed by atoms with E-state index in [2.05, 4.69) is 11.0 Å². The van der Waals surface area contributed by atoms with E-state index in [1.165, 1.54) is 0 Å². The summed E-state index contributed by atoms with van der Waals surface area (Å²) in [5.41, 5.74) is 1.73. The van der Waals surface area contributed by atoms with Gasteiger partial charge in [-0.05, 0) is 49.9 Å². The Labute approximate surface area is 127 Å². The fourth-order valence-corrected chi connectivity index (χ4v) is 2.71. The average molecular weight is 288 g/mol. The Bertz CT molecular complexity index is 488. The first-order chi connectivity index (χ1) is 10.2. The first-order valence-corrected chi connectivity index (χ1v) is 7.61. The number of hydrogen-bond donors (Lipinski definition) is 0. The molecular formula is C17H24N2O2. The Morgan fingerprint density at radius 1 is 1.33 bits per heavy atom. The third-order valence-corrected chi connectivity index (χ3v) is 3.96. The van der Waals surface area contributed by atoms with Crippen LogP contribution in [0.4, 0.5) is 0 Å². The van der Waals surface area contributed by atoms with Crippen LogP contribution in [0.5, 0.6) is 5.75 Å². The standard InChI is InChI=1S/C17H24N2O2/c1-14-12-15(13-18)4-5-17(14)21-16-6-9-19(10-7-16)8-3-11-20-2/h4-5,12,16H,3,6-11H2,1-2H3. The lowest BCUT2D eigenvalue weighted by atomic mass is 10.1. The summed E-state index contributed by atoms with van der Waals surface area (Å²) < 4.78 is 11.2. The molecule has 0 atom stereocenters. The molecule has 1 aromatic carbocycles. The van der Waals surface area contributed by atoms with Gasteiger partial charge in [0, 0.05) is 33.4 Å². The van der Waals surface area contributed by atoms with Gasteiger partial charge >= 0.3 is 0 Å². The zero-order chi connectivity index (χ0) is 15.1. The molecule has 0 spiro atoms. The lowest BCUT2D eigenvalue weighted by molar-refractivity contribution is 0.0924. The quantitative estimate of drug-likeness (QED) is 0.755. The number of nitriles is 1. The van der Waals surface area contributed by atoms with Crippen LogP contribution in [0.3, 0.4) is 0 Å². The summed E-state index contributed by atoms with van der Waals surface area (Å²) in [7, 11) is 1.75. The molecule has 1 aromatic rings. The maximum absolute atomic E-state index is 8.89. The molecule has 0 aliphatic carbocycles. The highest BCUT2D eigenvalue weighted by Gasteiger charge is 2.20. The molecule has 4 heteroatoms. The van der Waals surface area contributed by atoms with Crippen LogP contribution in [0.25, 0.3) is 0 Å². The van der Waals surface area contributed by atoms with E-state index in [0.29, 0.717) is 5.56 Å². The van der Waals surface area contributed by atoms with Gasteiger partial charge in [0.25, 0.3) is 0 Å². The smallest absolute Gasteiger partial charge is 0.122 e. The lowest BCUT2D eigenvalue weighted by Gasteiger charge is -2.32. The number of likely N-dealkylation sites (tertiary alicyclic amines) is 1. The molecule has 0 bridgehead atoms. The van der Waals surface area contributed by atoms with E-state index >= 15 is 0 Å². The van der Waals surface area contributed by atoms with E-state index in [0.717, 1.165) is 56.8 Å². The van der Waals surface area contributed by atoms with Crippen LogP contribution in [0, 0.1) is 18.3 Å². The minimum atomic E-state index is 0.287. The van der Waals surface area contributed by atoms with E-state index in [4.69, 9.17) is 14.7 Å². The van der Waals surface area contributed by atoms with Gasteiger partial charge in [0.15, 0.2) is 0 Å². The summed E-state index contributed by atoms with van der Waals surface area (Å²) in [6, 6.07) is 7.78. The van der Waals surface area contributed by atoms with Crippen molar-refractivity contribution < 1.29 is 9.47 Å². The van der Waals surface area contributed by atoms with Gasteiger partial charge in [0.2, 0.25) is 0 Å². The summed E-state index contributed by atoms with van der Waals surface area (Å²) in [6.45, 7) is 6.11. The number of hydrogen-bond acceptors (Lipinski definition) is 4. The summed E-state index contributed by atoms with van der Waals surface area (Å²) in [5, 5.41) is 8.89. The number of benzene rings is 1. The van der Waals surface area contributed by atoms with Crippen LogP contribution < -0.4 is 4.74 Å². The number of methoxy groups -OCH3 is 1. The van der Waals surface area contributed by atoms with Gasteiger partial charge in [0.1, 0.15) is 11.9 Å². The summed E-state index contributed by atoms with van der Waals surface area (Å²) in [6.07, 6.45) is 3.51. The Morgan fingerprint density at radius 2 is 2.10 bits per heavy atom. The van der Waals surface area contributed by atoms with Crippen LogP contribution >= 0.6 is 0 Å². The van der Waals surface area contributed by atoms with Crippen molar-refractivity contribution in [3.63, 3.8) is 0 Å². The molecule has 114 valence electrons. The van der Waals surface area contributed by atoms with Crippen molar-refractivity contribution >= 4 is 0 Å². The van der Waals surface area contributed by atoms with Crippen LogP contribution in [0.15, 0.2) is 18.2 Å². The number of piperidine rings is 1. The van der Waals surface area contributed by atoms with Crippen molar-refractivity contribution in [1.82, 2.24) is 4.90 Å². The van der Waals surface area contributed by atoms with Gasteiger partial charge in [-0.25, -0.2) is 0 Å². The van der Waals surface area contributed by atoms with Crippen molar-refractivity contribution in [1.29, 1.82) is 5.26 Å². The largest absolute Gasteiger partial charge is 0.490 e. The predicted molar refractivity (Wildman–Crippen MR) is 82.5 cm³/mol. The van der Waals surface area contributed by atoms with E-state index in [1.807, 2.05) is 25.1 Å². The Kier molecular flexibility index (Phi) is 6.04.